The van der Waals surface area contributed by atoms with Gasteiger partial charge in [0.15, 0.2) is 0 Å². The Hall–Kier alpha value is -2.62. The number of sulfonamides is 1. The van der Waals surface area contributed by atoms with E-state index in [0.29, 0.717) is 10.1 Å². The summed E-state index contributed by atoms with van der Waals surface area (Å²) in [7, 11) is -3.68. The minimum absolute atomic E-state index is 0.0151. The Labute approximate surface area is 187 Å². The molecule has 3 rings (SSSR count). The monoisotopic (exact) mass is 458 g/mol. The van der Waals surface area contributed by atoms with Crippen molar-refractivity contribution in [2.45, 2.75) is 44.4 Å². The standard InChI is InChI=1S/C22H26N4O3S2/c1-15-6-5-7-16(14-15)20-25-26-21(30-20)24-19(27)12-13-23-31(28,29)18-10-8-17(9-11-18)22(2,3)4/h5-11,14,23H,12-13H2,1-4H3,(H,24,26,27). The van der Waals surface area contributed by atoms with Crippen molar-refractivity contribution < 1.29 is 13.2 Å². The summed E-state index contributed by atoms with van der Waals surface area (Å²) in [5.41, 5.74) is 3.03. The Morgan fingerprint density at radius 1 is 1.06 bits per heavy atom. The summed E-state index contributed by atoms with van der Waals surface area (Å²) in [6.07, 6.45) is -0.0152. The maximum Gasteiger partial charge on any atom is 0.240 e. The van der Waals surface area contributed by atoms with Crippen LogP contribution >= 0.6 is 11.3 Å². The van der Waals surface area contributed by atoms with Crippen molar-refractivity contribution in [3.63, 3.8) is 0 Å². The molecule has 9 heteroatoms. The van der Waals surface area contributed by atoms with Crippen LogP contribution in [0.5, 0.6) is 0 Å². The summed E-state index contributed by atoms with van der Waals surface area (Å²) in [4.78, 5) is 12.4. The zero-order chi connectivity index (χ0) is 22.6. The predicted molar refractivity (Wildman–Crippen MR) is 124 cm³/mol. The molecule has 1 heterocycles. The van der Waals surface area contributed by atoms with Gasteiger partial charge < -0.3 is 5.32 Å². The Morgan fingerprint density at radius 3 is 2.42 bits per heavy atom. The van der Waals surface area contributed by atoms with Crippen LogP contribution in [0.25, 0.3) is 10.6 Å². The minimum Gasteiger partial charge on any atom is -0.300 e. The van der Waals surface area contributed by atoms with Crippen LogP contribution < -0.4 is 10.0 Å². The lowest BCUT2D eigenvalue weighted by atomic mass is 9.87. The van der Waals surface area contributed by atoms with E-state index in [1.165, 1.54) is 11.3 Å². The summed E-state index contributed by atoms with van der Waals surface area (Å²) < 4.78 is 27.4. The van der Waals surface area contributed by atoms with Gasteiger partial charge in [0.05, 0.1) is 4.90 Å². The molecule has 0 aliphatic rings. The first-order valence-electron chi connectivity index (χ1n) is 9.85. The van der Waals surface area contributed by atoms with E-state index < -0.39 is 10.0 Å². The Balaban J connectivity index is 1.53. The van der Waals surface area contributed by atoms with Crippen molar-refractivity contribution in [3.8, 4) is 10.6 Å². The number of benzene rings is 2. The topological polar surface area (TPSA) is 101 Å². The van der Waals surface area contributed by atoms with Crippen molar-refractivity contribution >= 4 is 32.4 Å². The summed E-state index contributed by atoms with van der Waals surface area (Å²) in [5.74, 6) is -0.335. The molecule has 0 spiro atoms. The smallest absolute Gasteiger partial charge is 0.240 e. The summed E-state index contributed by atoms with van der Waals surface area (Å²) in [5, 5.41) is 11.9. The van der Waals surface area contributed by atoms with Crippen molar-refractivity contribution in [1.82, 2.24) is 14.9 Å². The summed E-state index contributed by atoms with van der Waals surface area (Å²) in [6.45, 7) is 8.17. The van der Waals surface area contributed by atoms with Crippen molar-refractivity contribution in [3.05, 3.63) is 59.7 Å². The Kier molecular flexibility index (Phi) is 6.88. The molecule has 164 valence electrons. The Bertz CT molecular complexity index is 1160. The molecule has 0 aliphatic carbocycles. The second-order valence-electron chi connectivity index (χ2n) is 8.25. The van der Waals surface area contributed by atoms with Crippen LogP contribution in [0.1, 0.15) is 38.3 Å². The number of nitrogens with zero attached hydrogens (tertiary/aromatic N) is 2. The number of rotatable bonds is 7. The van der Waals surface area contributed by atoms with E-state index in [0.717, 1.165) is 16.7 Å². The third kappa shape index (κ3) is 6.19. The number of carbonyl (C=O) groups excluding carboxylic acids is 1. The Morgan fingerprint density at radius 2 is 1.77 bits per heavy atom. The van der Waals surface area contributed by atoms with Gasteiger partial charge in [0.2, 0.25) is 21.1 Å². The third-order valence-corrected chi connectivity index (χ3v) is 6.98. The maximum atomic E-state index is 12.5. The highest BCUT2D eigenvalue weighted by molar-refractivity contribution is 7.89. The number of hydrogen-bond acceptors (Lipinski definition) is 6. The molecular formula is C22H26N4O3S2. The SMILES string of the molecule is Cc1cccc(-c2nnc(NC(=O)CCNS(=O)(=O)c3ccc(C(C)(C)C)cc3)s2)c1. The molecule has 0 saturated carbocycles. The molecule has 2 N–H and O–H groups in total. The van der Waals surface area contributed by atoms with E-state index in [9.17, 15) is 13.2 Å². The van der Waals surface area contributed by atoms with Crippen LogP contribution in [0.4, 0.5) is 5.13 Å². The molecule has 0 aliphatic heterocycles. The maximum absolute atomic E-state index is 12.5. The van der Waals surface area contributed by atoms with Gasteiger partial charge in [-0.15, -0.1) is 10.2 Å². The fourth-order valence-corrected chi connectivity index (χ4v) is 4.65. The third-order valence-electron chi connectivity index (χ3n) is 4.61. The largest absolute Gasteiger partial charge is 0.300 e. The molecule has 3 aromatic rings. The number of anilines is 1. The zero-order valence-corrected chi connectivity index (χ0v) is 19.6. The molecule has 0 atom stereocenters. The molecule has 2 aromatic carbocycles. The lowest BCUT2D eigenvalue weighted by Gasteiger charge is -2.19. The number of nitrogens with one attached hydrogen (secondary N) is 2. The van der Waals surface area contributed by atoms with Crippen LogP contribution in [0.2, 0.25) is 0 Å². The van der Waals surface area contributed by atoms with E-state index >= 15 is 0 Å². The zero-order valence-electron chi connectivity index (χ0n) is 18.0. The fourth-order valence-electron chi connectivity index (χ4n) is 2.87. The molecule has 7 nitrogen and oxygen atoms in total. The van der Waals surface area contributed by atoms with Gasteiger partial charge in [-0.05, 0) is 36.1 Å². The van der Waals surface area contributed by atoms with Crippen LogP contribution in [0.3, 0.4) is 0 Å². The quantitative estimate of drug-likeness (QED) is 0.555. The average Bonchev–Trinajstić information content (AvgIpc) is 3.16. The first kappa shape index (κ1) is 23.1. The van der Waals surface area contributed by atoms with Crippen LogP contribution in [0, 0.1) is 6.92 Å². The molecular weight excluding hydrogens is 432 g/mol. The predicted octanol–water partition coefficient (Wildman–Crippen LogP) is 4.12. The van der Waals surface area contributed by atoms with E-state index in [2.05, 4.69) is 41.0 Å². The van der Waals surface area contributed by atoms with Gasteiger partial charge in [0, 0.05) is 18.5 Å². The lowest BCUT2D eigenvalue weighted by molar-refractivity contribution is -0.116. The normalized spacial score (nSPS) is 12.0. The van der Waals surface area contributed by atoms with Crippen molar-refractivity contribution in [1.29, 1.82) is 0 Å². The van der Waals surface area contributed by atoms with Gasteiger partial charge in [-0.2, -0.15) is 0 Å². The van der Waals surface area contributed by atoms with Crippen molar-refractivity contribution in [2.24, 2.45) is 0 Å². The molecule has 0 bridgehead atoms. The second kappa shape index (κ2) is 9.25. The summed E-state index contributed by atoms with van der Waals surface area (Å²) >= 11 is 1.27. The van der Waals surface area contributed by atoms with Gasteiger partial charge in [-0.1, -0.05) is 68.0 Å². The van der Waals surface area contributed by atoms with Crippen molar-refractivity contribution in [2.75, 3.05) is 11.9 Å². The molecule has 0 radical (unpaired) electrons. The van der Waals surface area contributed by atoms with Crippen LogP contribution in [-0.4, -0.2) is 31.1 Å². The first-order valence-corrected chi connectivity index (χ1v) is 12.2. The molecule has 1 aromatic heterocycles. The molecule has 0 saturated heterocycles. The number of carbonyl (C=O) groups is 1. The van der Waals surface area contributed by atoms with E-state index in [-0.39, 0.29) is 29.2 Å². The highest BCUT2D eigenvalue weighted by Gasteiger charge is 2.18. The van der Waals surface area contributed by atoms with Gasteiger partial charge in [-0.3, -0.25) is 4.79 Å². The molecule has 0 unspecified atom stereocenters. The number of aryl methyl sites for hydroxylation is 1. The molecule has 0 fully saturated rings. The molecule has 31 heavy (non-hydrogen) atoms. The van der Waals surface area contributed by atoms with Gasteiger partial charge in [-0.25, -0.2) is 13.1 Å². The first-order chi connectivity index (χ1) is 14.5. The second-order valence-corrected chi connectivity index (χ2v) is 11.0. The lowest BCUT2D eigenvalue weighted by Crippen LogP contribution is -2.28. The number of aromatic nitrogens is 2. The molecule has 1 amide bonds. The van der Waals surface area contributed by atoms with Crippen LogP contribution in [-0.2, 0) is 20.2 Å². The van der Waals surface area contributed by atoms with E-state index in [1.807, 2.05) is 43.3 Å². The van der Waals surface area contributed by atoms with Gasteiger partial charge >= 0.3 is 0 Å². The number of hydrogen-bond donors (Lipinski definition) is 2. The average molecular weight is 459 g/mol. The summed E-state index contributed by atoms with van der Waals surface area (Å²) in [6, 6.07) is 14.6. The van der Waals surface area contributed by atoms with Gasteiger partial charge in [0.25, 0.3) is 0 Å². The van der Waals surface area contributed by atoms with Gasteiger partial charge in [0.1, 0.15) is 5.01 Å². The van der Waals surface area contributed by atoms with Crippen LogP contribution in [0.15, 0.2) is 53.4 Å². The highest BCUT2D eigenvalue weighted by Crippen LogP contribution is 2.27. The highest BCUT2D eigenvalue weighted by atomic mass is 32.2. The number of amides is 1. The fraction of sp³-hybridized carbons (Fsp3) is 0.318. The van der Waals surface area contributed by atoms with E-state index in [4.69, 9.17) is 0 Å². The van der Waals surface area contributed by atoms with E-state index in [1.54, 1.807) is 12.1 Å². The minimum atomic E-state index is -3.68.